The van der Waals surface area contributed by atoms with E-state index in [0.717, 1.165) is 0 Å². The summed E-state index contributed by atoms with van der Waals surface area (Å²) >= 11 is 0. The first-order valence-electron chi connectivity index (χ1n) is 16.5. The largest absolute Gasteiger partial charge is 0.459 e. The highest BCUT2D eigenvalue weighted by molar-refractivity contribution is 5.74. The van der Waals surface area contributed by atoms with Gasteiger partial charge in [-0.3, -0.25) is 4.79 Å². The minimum atomic E-state index is -1.96. The highest BCUT2D eigenvalue weighted by atomic mass is 16.7. The number of carbonyl (C=O) groups excluding carboxylic acids is 1. The molecular weight excluding hydrogens is 598 g/mol. The normalized spacial score (nSPS) is 45.6. The second-order valence-corrected chi connectivity index (χ2v) is 14.6. The summed E-state index contributed by atoms with van der Waals surface area (Å²) in [5.41, 5.74) is -5.39. The Morgan fingerprint density at radius 2 is 1.78 bits per heavy atom. The molecule has 0 aromatic carbocycles. The molecule has 2 aliphatic rings. The molecule has 2 aliphatic heterocycles. The number of hydrogen-bond acceptors (Lipinski definition) is 13. The van der Waals surface area contributed by atoms with Gasteiger partial charge in [0.2, 0.25) is 0 Å². The molecule has 6 N–H and O–H groups in total. The van der Waals surface area contributed by atoms with Crippen LogP contribution in [0, 0.1) is 17.8 Å². The summed E-state index contributed by atoms with van der Waals surface area (Å²) in [6.07, 6.45) is -2.09. The minimum absolute atomic E-state index is 0.177. The first-order chi connectivity index (χ1) is 21.3. The zero-order chi connectivity index (χ0) is 34.8. The Hall–Kier alpha value is -1.75. The van der Waals surface area contributed by atoms with Crippen LogP contribution in [0.2, 0.25) is 0 Å². The van der Waals surface area contributed by atoms with E-state index in [1.807, 2.05) is 32.8 Å². The number of likely N-dealkylation sites (N-methyl/N-ethyl adjacent to an activating group) is 1. The van der Waals surface area contributed by atoms with Crippen molar-refractivity contribution in [2.75, 3.05) is 20.6 Å². The van der Waals surface area contributed by atoms with Crippen molar-refractivity contribution >= 4 is 5.97 Å². The van der Waals surface area contributed by atoms with E-state index in [9.17, 15) is 30.3 Å². The van der Waals surface area contributed by atoms with Crippen molar-refractivity contribution in [3.8, 4) is 0 Å². The summed E-state index contributed by atoms with van der Waals surface area (Å²) in [6, 6.07) is -0.878. The lowest BCUT2D eigenvalue weighted by Crippen LogP contribution is -2.62. The lowest BCUT2D eigenvalue weighted by molar-refractivity contribution is -0.305. The Morgan fingerprint density at radius 1 is 1.13 bits per heavy atom. The molecule has 3 heterocycles. The molecule has 0 saturated carbocycles. The minimum Gasteiger partial charge on any atom is -0.459 e. The Labute approximate surface area is 273 Å². The van der Waals surface area contributed by atoms with Crippen LogP contribution >= 0.6 is 0 Å². The number of cyclic esters (lactones) is 1. The molecule has 2 fully saturated rings. The van der Waals surface area contributed by atoms with Crippen LogP contribution in [-0.2, 0) is 25.5 Å². The van der Waals surface area contributed by atoms with E-state index in [1.165, 1.54) is 24.7 Å². The number of carbonyl (C=O) groups is 1. The van der Waals surface area contributed by atoms with Crippen molar-refractivity contribution in [2.24, 2.45) is 17.8 Å². The summed E-state index contributed by atoms with van der Waals surface area (Å²) in [4.78, 5) is 15.8. The predicted molar refractivity (Wildman–Crippen MR) is 169 cm³/mol. The van der Waals surface area contributed by atoms with Crippen molar-refractivity contribution in [3.05, 3.63) is 12.4 Å². The molecular formula is C32H59N5O9. The fraction of sp³-hybridized carbons (Fsp3) is 0.906. The third kappa shape index (κ3) is 8.45. The lowest BCUT2D eigenvalue weighted by atomic mass is 9.70. The summed E-state index contributed by atoms with van der Waals surface area (Å²) in [5, 5.41) is 70.0. The maximum absolute atomic E-state index is 13.9. The summed E-state index contributed by atoms with van der Waals surface area (Å²) in [6.45, 7) is 13.7. The number of aromatic nitrogens is 3. The van der Waals surface area contributed by atoms with Crippen LogP contribution in [0.1, 0.15) is 74.7 Å². The third-order valence-corrected chi connectivity index (χ3v) is 10.3. The number of rotatable bonds is 6. The zero-order valence-electron chi connectivity index (χ0n) is 29.2. The lowest BCUT2D eigenvalue weighted by Gasteiger charge is -2.49. The summed E-state index contributed by atoms with van der Waals surface area (Å²) < 4.78 is 19.9. The fourth-order valence-corrected chi connectivity index (χ4v) is 7.27. The molecule has 1 aromatic heterocycles. The maximum atomic E-state index is 13.9. The molecule has 0 amide bonds. The van der Waals surface area contributed by atoms with Crippen molar-refractivity contribution in [3.63, 3.8) is 0 Å². The van der Waals surface area contributed by atoms with Gasteiger partial charge in [-0.05, 0) is 80.4 Å². The van der Waals surface area contributed by atoms with E-state index < -0.39 is 71.4 Å². The number of nitrogens with zero attached hydrogens (tertiary/aromatic N) is 4. The van der Waals surface area contributed by atoms with Gasteiger partial charge in [-0.1, -0.05) is 26.0 Å². The van der Waals surface area contributed by atoms with Crippen molar-refractivity contribution in [2.45, 2.75) is 147 Å². The van der Waals surface area contributed by atoms with Crippen molar-refractivity contribution in [1.82, 2.24) is 25.2 Å². The Kier molecular flexibility index (Phi) is 12.8. The average molecular weight is 658 g/mol. The van der Waals surface area contributed by atoms with Crippen LogP contribution < -0.4 is 5.32 Å². The van der Waals surface area contributed by atoms with Gasteiger partial charge in [0.25, 0.3) is 0 Å². The fourth-order valence-electron chi connectivity index (χ4n) is 7.27. The van der Waals surface area contributed by atoms with Gasteiger partial charge in [0.15, 0.2) is 6.29 Å². The number of esters is 1. The van der Waals surface area contributed by atoms with Crippen LogP contribution in [0.15, 0.2) is 12.4 Å². The molecule has 1 aromatic rings. The van der Waals surface area contributed by atoms with E-state index >= 15 is 0 Å². The van der Waals surface area contributed by atoms with E-state index in [2.05, 4.69) is 15.6 Å². The Morgan fingerprint density at radius 3 is 2.35 bits per heavy atom. The van der Waals surface area contributed by atoms with Crippen LogP contribution in [-0.4, -0.2) is 138 Å². The second-order valence-electron chi connectivity index (χ2n) is 14.6. The Bertz CT molecular complexity index is 1110. The van der Waals surface area contributed by atoms with Gasteiger partial charge in [0.05, 0.1) is 36.5 Å². The number of ether oxygens (including phenoxy) is 3. The van der Waals surface area contributed by atoms with Gasteiger partial charge < -0.3 is 50.0 Å². The molecule has 1 unspecified atom stereocenters. The first kappa shape index (κ1) is 38.7. The van der Waals surface area contributed by atoms with Gasteiger partial charge >= 0.3 is 5.97 Å². The second kappa shape index (κ2) is 15.2. The van der Waals surface area contributed by atoms with Gasteiger partial charge in [0.1, 0.15) is 29.5 Å². The average Bonchev–Trinajstić information content (AvgIpc) is 3.49. The molecule has 0 radical (unpaired) electrons. The first-order valence-corrected chi connectivity index (χ1v) is 16.5. The predicted octanol–water partition coefficient (Wildman–Crippen LogP) is 0.295. The molecule has 0 aliphatic carbocycles. The topological polar surface area (TPSA) is 192 Å². The Balaban J connectivity index is 2.15. The number of nitrogens with one attached hydrogen (secondary N) is 1. The molecule has 266 valence electrons. The monoisotopic (exact) mass is 657 g/mol. The summed E-state index contributed by atoms with van der Waals surface area (Å²) in [5.74, 6) is -3.20. The highest BCUT2D eigenvalue weighted by Crippen LogP contribution is 2.41. The van der Waals surface area contributed by atoms with E-state index in [1.54, 1.807) is 33.9 Å². The molecule has 46 heavy (non-hydrogen) atoms. The summed E-state index contributed by atoms with van der Waals surface area (Å²) in [7, 11) is 3.73. The van der Waals surface area contributed by atoms with Crippen molar-refractivity contribution in [1.29, 1.82) is 0 Å². The number of aliphatic hydroxyl groups is 5. The molecule has 0 bridgehead atoms. The van der Waals surface area contributed by atoms with E-state index in [-0.39, 0.29) is 37.5 Å². The van der Waals surface area contributed by atoms with Crippen molar-refractivity contribution < 1.29 is 44.5 Å². The molecule has 0 spiro atoms. The van der Waals surface area contributed by atoms with Crippen LogP contribution in [0.3, 0.4) is 0 Å². The highest BCUT2D eigenvalue weighted by Gasteiger charge is 2.55. The van der Waals surface area contributed by atoms with Gasteiger partial charge in [-0.2, -0.15) is 0 Å². The van der Waals surface area contributed by atoms with Crippen LogP contribution in [0.5, 0.6) is 0 Å². The smallest absolute Gasteiger partial charge is 0.312 e. The number of hydrogen-bond donors (Lipinski definition) is 6. The zero-order valence-corrected chi connectivity index (χ0v) is 29.2. The third-order valence-electron chi connectivity index (χ3n) is 10.3. The molecule has 14 atom stereocenters. The molecule has 3 rings (SSSR count). The van der Waals surface area contributed by atoms with Crippen LogP contribution in [0.4, 0.5) is 0 Å². The number of aliphatic hydroxyl groups excluding tert-OH is 2. The van der Waals surface area contributed by atoms with Gasteiger partial charge in [-0.15, -0.1) is 5.10 Å². The molecule has 14 nitrogen and oxygen atoms in total. The molecule has 14 heteroatoms. The van der Waals surface area contributed by atoms with Crippen LogP contribution in [0.25, 0.3) is 0 Å². The van der Waals surface area contributed by atoms with Gasteiger partial charge in [-0.25, -0.2) is 4.68 Å². The van der Waals surface area contributed by atoms with E-state index in [4.69, 9.17) is 14.2 Å². The quantitative estimate of drug-likeness (QED) is 0.229. The SMILES string of the molecule is CC[C@H]1OC(=O)C(C)[C@@](O)(Cn2ccnn2)[C@H](C)[C@@H](O[C@@H]2O[C@H](C)C[C@H](N(C)C)[C@H]2O)[C@@](C)(O)C[C@@H](C)CN[C@H](C)[C@@H](O)[C@]1(C)O. The standard InChI is InChI=1S/C32H59N5O9/c1-11-24-31(8,42)26(39)22(6)33-16-18(2)15-30(7,41)27(46-29-25(38)23(36(9)10)14-19(3)44-29)20(4)32(43,21(5)28(40)45-24)17-37-13-12-34-35-37/h12-13,18-27,29,33,38-39,41-43H,11,14-17H2,1-10H3/t18-,19-,20-,21?,22-,23+,24-,25-,26-,27-,29+,30+,31-,32-/m1/s1. The van der Waals surface area contributed by atoms with E-state index in [0.29, 0.717) is 13.0 Å². The maximum Gasteiger partial charge on any atom is 0.312 e. The molecule has 2 saturated heterocycles. The van der Waals surface area contributed by atoms with Gasteiger partial charge in [0, 0.05) is 24.2 Å².